The van der Waals surface area contributed by atoms with Crippen LogP contribution in [0.25, 0.3) is 0 Å². The molecule has 4 nitrogen and oxygen atoms in total. The van der Waals surface area contributed by atoms with Gasteiger partial charge in [0.05, 0.1) is 12.1 Å². The van der Waals surface area contributed by atoms with E-state index in [4.69, 9.17) is 11.6 Å². The summed E-state index contributed by atoms with van der Waals surface area (Å²) in [4.78, 5) is 13.7. The Morgan fingerprint density at radius 1 is 1.50 bits per heavy atom. The molecule has 2 N–H and O–H groups in total. The SMILES string of the molecule is CCC(NC(=O)N(C)CCC(C)O)c1cccc(Cl)c1. The van der Waals surface area contributed by atoms with Gasteiger partial charge < -0.3 is 15.3 Å². The van der Waals surface area contributed by atoms with Crippen molar-refractivity contribution in [2.75, 3.05) is 13.6 Å². The Bertz CT molecular complexity index is 438. The average molecular weight is 299 g/mol. The maximum absolute atomic E-state index is 12.1. The lowest BCUT2D eigenvalue weighted by Crippen LogP contribution is -2.40. The molecule has 0 aliphatic heterocycles. The van der Waals surface area contributed by atoms with Crippen LogP contribution in [0.4, 0.5) is 4.79 Å². The summed E-state index contributed by atoms with van der Waals surface area (Å²) in [5.41, 5.74) is 0.997. The van der Waals surface area contributed by atoms with Crippen LogP contribution in [-0.4, -0.2) is 35.7 Å². The van der Waals surface area contributed by atoms with Gasteiger partial charge in [-0.15, -0.1) is 0 Å². The molecule has 0 bridgehead atoms. The molecule has 112 valence electrons. The van der Waals surface area contributed by atoms with Crippen LogP contribution in [-0.2, 0) is 0 Å². The Labute approximate surface area is 125 Å². The molecule has 1 aromatic carbocycles. The number of rotatable bonds is 6. The van der Waals surface area contributed by atoms with Gasteiger partial charge in [0.1, 0.15) is 0 Å². The van der Waals surface area contributed by atoms with Gasteiger partial charge in [0.25, 0.3) is 0 Å². The van der Waals surface area contributed by atoms with Gasteiger partial charge in [0.2, 0.25) is 0 Å². The second kappa shape index (κ2) is 8.12. The first-order valence-electron chi connectivity index (χ1n) is 6.89. The summed E-state index contributed by atoms with van der Waals surface area (Å²) in [5, 5.41) is 12.9. The zero-order valence-electron chi connectivity index (χ0n) is 12.3. The summed E-state index contributed by atoms with van der Waals surface area (Å²) in [6, 6.07) is 7.31. The standard InChI is InChI=1S/C15H23ClN2O2/c1-4-14(12-6-5-7-13(16)10-12)17-15(20)18(3)9-8-11(2)19/h5-7,10-11,14,19H,4,8-9H2,1-3H3,(H,17,20). The molecule has 0 spiro atoms. The zero-order chi connectivity index (χ0) is 15.1. The molecule has 2 amide bonds. The molecule has 5 heteroatoms. The van der Waals surface area contributed by atoms with E-state index in [2.05, 4.69) is 5.32 Å². The highest BCUT2D eigenvalue weighted by atomic mass is 35.5. The third kappa shape index (κ3) is 5.39. The Balaban J connectivity index is 2.61. The summed E-state index contributed by atoms with van der Waals surface area (Å²) in [5.74, 6) is 0. The highest BCUT2D eigenvalue weighted by molar-refractivity contribution is 6.30. The van der Waals surface area contributed by atoms with Crippen LogP contribution in [0.3, 0.4) is 0 Å². The normalized spacial score (nSPS) is 13.7. The number of benzene rings is 1. The molecule has 0 aromatic heterocycles. The van der Waals surface area contributed by atoms with E-state index in [1.54, 1.807) is 18.9 Å². The van der Waals surface area contributed by atoms with Crippen LogP contribution >= 0.6 is 11.6 Å². The van der Waals surface area contributed by atoms with Gasteiger partial charge in [-0.2, -0.15) is 0 Å². The Kier molecular flexibility index (Phi) is 6.82. The highest BCUT2D eigenvalue weighted by Crippen LogP contribution is 2.20. The second-order valence-electron chi connectivity index (χ2n) is 5.02. The number of aliphatic hydroxyl groups is 1. The molecule has 1 aromatic rings. The average Bonchev–Trinajstić information content (AvgIpc) is 2.41. The van der Waals surface area contributed by atoms with Gasteiger partial charge in [0, 0.05) is 18.6 Å². The van der Waals surface area contributed by atoms with E-state index in [1.807, 2.05) is 31.2 Å². The first kappa shape index (κ1) is 16.8. The molecule has 1 rings (SSSR count). The third-order valence-electron chi connectivity index (χ3n) is 3.19. The molecular formula is C15H23ClN2O2. The lowest BCUT2D eigenvalue weighted by atomic mass is 10.1. The van der Waals surface area contributed by atoms with E-state index in [0.29, 0.717) is 18.0 Å². The summed E-state index contributed by atoms with van der Waals surface area (Å²) in [6.07, 6.45) is 0.953. The zero-order valence-corrected chi connectivity index (χ0v) is 13.0. The third-order valence-corrected chi connectivity index (χ3v) is 3.42. The van der Waals surface area contributed by atoms with E-state index >= 15 is 0 Å². The monoisotopic (exact) mass is 298 g/mol. The first-order chi connectivity index (χ1) is 9.43. The van der Waals surface area contributed by atoms with Gasteiger partial charge >= 0.3 is 6.03 Å². The van der Waals surface area contributed by atoms with Crippen LogP contribution in [0.2, 0.25) is 5.02 Å². The molecule has 0 heterocycles. The van der Waals surface area contributed by atoms with Crippen molar-refractivity contribution in [3.63, 3.8) is 0 Å². The predicted octanol–water partition coefficient (Wildman–Crippen LogP) is 3.20. The number of urea groups is 1. The number of nitrogens with zero attached hydrogens (tertiary/aromatic N) is 1. The van der Waals surface area contributed by atoms with Gasteiger partial charge in [-0.3, -0.25) is 0 Å². The van der Waals surface area contributed by atoms with Crippen LogP contribution in [0.5, 0.6) is 0 Å². The molecule has 0 fully saturated rings. The molecule has 2 unspecified atom stereocenters. The minimum atomic E-state index is -0.403. The molecule has 2 atom stereocenters. The molecule has 0 aliphatic rings. The maximum Gasteiger partial charge on any atom is 0.317 e. The Morgan fingerprint density at radius 3 is 2.75 bits per heavy atom. The summed E-state index contributed by atoms with van der Waals surface area (Å²) in [6.45, 7) is 4.25. The van der Waals surface area contributed by atoms with Crippen molar-refractivity contribution in [3.05, 3.63) is 34.9 Å². The van der Waals surface area contributed by atoms with Crippen molar-refractivity contribution in [2.45, 2.75) is 38.8 Å². The minimum Gasteiger partial charge on any atom is -0.393 e. The number of amides is 2. The molecular weight excluding hydrogens is 276 g/mol. The topological polar surface area (TPSA) is 52.6 Å². The smallest absolute Gasteiger partial charge is 0.317 e. The van der Waals surface area contributed by atoms with Crippen LogP contribution in [0.1, 0.15) is 38.3 Å². The lowest BCUT2D eigenvalue weighted by molar-refractivity contribution is 0.162. The number of carbonyl (C=O) groups excluding carboxylic acids is 1. The van der Waals surface area contributed by atoms with E-state index in [0.717, 1.165) is 12.0 Å². The maximum atomic E-state index is 12.1. The van der Waals surface area contributed by atoms with Gasteiger partial charge in [-0.25, -0.2) is 4.79 Å². The number of nitrogens with one attached hydrogen (secondary N) is 1. The largest absolute Gasteiger partial charge is 0.393 e. The molecule has 0 radical (unpaired) electrons. The van der Waals surface area contributed by atoms with Gasteiger partial charge in [0.15, 0.2) is 0 Å². The molecule has 20 heavy (non-hydrogen) atoms. The van der Waals surface area contributed by atoms with Crippen molar-refractivity contribution in [1.82, 2.24) is 10.2 Å². The van der Waals surface area contributed by atoms with Gasteiger partial charge in [-0.1, -0.05) is 30.7 Å². The summed E-state index contributed by atoms with van der Waals surface area (Å²) >= 11 is 5.98. The van der Waals surface area contributed by atoms with E-state index in [1.165, 1.54) is 0 Å². The lowest BCUT2D eigenvalue weighted by Gasteiger charge is -2.23. The fraction of sp³-hybridized carbons (Fsp3) is 0.533. The van der Waals surface area contributed by atoms with E-state index < -0.39 is 6.10 Å². The first-order valence-corrected chi connectivity index (χ1v) is 7.27. The van der Waals surface area contributed by atoms with Crippen LogP contribution in [0.15, 0.2) is 24.3 Å². The van der Waals surface area contributed by atoms with Crippen molar-refractivity contribution in [3.8, 4) is 0 Å². The Hall–Kier alpha value is -1.26. The number of hydrogen-bond donors (Lipinski definition) is 2. The van der Waals surface area contributed by atoms with Crippen LogP contribution < -0.4 is 5.32 Å². The van der Waals surface area contributed by atoms with E-state index in [-0.39, 0.29) is 12.1 Å². The van der Waals surface area contributed by atoms with Crippen LogP contribution in [0, 0.1) is 0 Å². The fourth-order valence-corrected chi connectivity index (χ4v) is 2.08. The summed E-state index contributed by atoms with van der Waals surface area (Å²) in [7, 11) is 1.72. The van der Waals surface area contributed by atoms with Crippen molar-refractivity contribution >= 4 is 17.6 Å². The highest BCUT2D eigenvalue weighted by Gasteiger charge is 2.16. The second-order valence-corrected chi connectivity index (χ2v) is 5.46. The fourth-order valence-electron chi connectivity index (χ4n) is 1.89. The van der Waals surface area contributed by atoms with Gasteiger partial charge in [-0.05, 0) is 37.5 Å². The predicted molar refractivity (Wildman–Crippen MR) is 81.9 cm³/mol. The number of carbonyl (C=O) groups is 1. The molecule has 0 saturated carbocycles. The number of halogens is 1. The number of aliphatic hydroxyl groups excluding tert-OH is 1. The molecule has 0 saturated heterocycles. The quantitative estimate of drug-likeness (QED) is 0.847. The van der Waals surface area contributed by atoms with Crippen molar-refractivity contribution in [1.29, 1.82) is 0 Å². The molecule has 0 aliphatic carbocycles. The van der Waals surface area contributed by atoms with E-state index in [9.17, 15) is 9.90 Å². The minimum absolute atomic E-state index is 0.0600. The van der Waals surface area contributed by atoms with Crippen molar-refractivity contribution in [2.24, 2.45) is 0 Å². The summed E-state index contributed by atoms with van der Waals surface area (Å²) < 4.78 is 0. The Morgan fingerprint density at radius 2 is 2.20 bits per heavy atom. The van der Waals surface area contributed by atoms with Crippen molar-refractivity contribution < 1.29 is 9.90 Å². The number of hydrogen-bond acceptors (Lipinski definition) is 2.